The summed E-state index contributed by atoms with van der Waals surface area (Å²) in [7, 11) is 0. The van der Waals surface area contributed by atoms with Crippen molar-refractivity contribution in [3.8, 4) is 11.6 Å². The van der Waals surface area contributed by atoms with Crippen LogP contribution in [0.15, 0.2) is 42.5 Å². The zero-order valence-electron chi connectivity index (χ0n) is 10.6. The van der Waals surface area contributed by atoms with Crippen LogP contribution in [0, 0.1) is 0 Å². The quantitative estimate of drug-likeness (QED) is 0.916. The van der Waals surface area contributed by atoms with Crippen LogP contribution in [0.3, 0.4) is 0 Å². The molecule has 2 rings (SSSR count). The minimum absolute atomic E-state index is 0.284. The van der Waals surface area contributed by atoms with E-state index in [2.05, 4.69) is 4.98 Å². The third-order valence-corrected chi connectivity index (χ3v) is 2.91. The molecule has 0 atom stereocenters. The summed E-state index contributed by atoms with van der Waals surface area (Å²) >= 11 is 5.97. The molecule has 19 heavy (non-hydrogen) atoms. The highest BCUT2D eigenvalue weighted by Crippen LogP contribution is 2.26. The minimum Gasteiger partial charge on any atom is -0.438 e. The fourth-order valence-electron chi connectivity index (χ4n) is 1.67. The number of nitrogens with two attached hydrogens (primary N) is 1. The van der Waals surface area contributed by atoms with Crippen LogP contribution in [0.2, 0.25) is 5.02 Å². The van der Waals surface area contributed by atoms with E-state index in [1.807, 2.05) is 43.3 Å². The number of para-hydroxylation sites is 1. The lowest BCUT2D eigenvalue weighted by atomic mass is 10.2. The second-order valence-electron chi connectivity index (χ2n) is 3.92. The second kappa shape index (κ2) is 6.36. The molecule has 0 saturated heterocycles. The molecule has 0 fully saturated rings. The van der Waals surface area contributed by atoms with E-state index in [-0.39, 0.29) is 6.54 Å². The lowest BCUT2D eigenvalue weighted by Crippen LogP contribution is -2.01. The maximum atomic E-state index is 5.97. The van der Waals surface area contributed by atoms with Crippen LogP contribution in [-0.4, -0.2) is 4.98 Å². The minimum atomic E-state index is 0.284. The molecule has 0 aliphatic carbocycles. The highest BCUT2D eigenvalue weighted by molar-refractivity contribution is 6.31. The number of hydrogen-bond acceptors (Lipinski definition) is 3. The topological polar surface area (TPSA) is 48.1 Å². The number of nitrogens with zero attached hydrogens (tertiary/aromatic N) is 1. The molecule has 0 spiro atoms. The number of ether oxygens (including phenoxy) is 1. The summed E-state index contributed by atoms with van der Waals surface area (Å²) < 4.78 is 5.78. The number of allylic oxidation sites excluding steroid dienone is 1. The maximum absolute atomic E-state index is 5.97. The van der Waals surface area contributed by atoms with Gasteiger partial charge in [0.05, 0.1) is 10.7 Å². The van der Waals surface area contributed by atoms with Gasteiger partial charge in [0, 0.05) is 18.2 Å². The van der Waals surface area contributed by atoms with E-state index >= 15 is 0 Å². The summed E-state index contributed by atoms with van der Waals surface area (Å²) in [5.41, 5.74) is 7.20. The first kappa shape index (κ1) is 13.6. The van der Waals surface area contributed by atoms with E-state index in [4.69, 9.17) is 22.1 Å². The number of pyridine rings is 1. The lowest BCUT2D eigenvalue weighted by Gasteiger charge is -2.09. The molecule has 0 bridgehead atoms. The van der Waals surface area contributed by atoms with Crippen LogP contribution >= 0.6 is 11.6 Å². The van der Waals surface area contributed by atoms with Crippen molar-refractivity contribution in [2.75, 3.05) is 0 Å². The van der Waals surface area contributed by atoms with Gasteiger partial charge in [-0.05, 0) is 19.1 Å². The Morgan fingerprint density at radius 3 is 2.79 bits per heavy atom. The molecular weight excluding hydrogens is 260 g/mol. The molecular formula is C15H15ClN2O. The van der Waals surface area contributed by atoms with Gasteiger partial charge in [-0.2, -0.15) is 0 Å². The Bertz CT molecular complexity index is 596. The van der Waals surface area contributed by atoms with Crippen LogP contribution in [-0.2, 0) is 6.54 Å². The Kier molecular flexibility index (Phi) is 4.55. The van der Waals surface area contributed by atoms with E-state index in [1.54, 1.807) is 12.1 Å². The van der Waals surface area contributed by atoms with Crippen molar-refractivity contribution < 1.29 is 4.74 Å². The molecule has 0 radical (unpaired) electrons. The van der Waals surface area contributed by atoms with Crippen molar-refractivity contribution in [3.05, 3.63) is 58.8 Å². The SMILES string of the molecule is CC=Cc1ccccc1Oc1ccc(Cl)c(CN)n1. The average Bonchev–Trinajstić information content (AvgIpc) is 2.43. The lowest BCUT2D eigenvalue weighted by molar-refractivity contribution is 0.460. The molecule has 1 heterocycles. The van der Waals surface area contributed by atoms with Gasteiger partial charge < -0.3 is 10.5 Å². The number of rotatable bonds is 4. The van der Waals surface area contributed by atoms with Crippen LogP contribution in [0.4, 0.5) is 0 Å². The zero-order valence-corrected chi connectivity index (χ0v) is 11.4. The standard InChI is InChI=1S/C15H15ClN2O/c1-2-5-11-6-3-4-7-14(11)19-15-9-8-12(16)13(10-17)18-15/h2-9H,10,17H2,1H3. The molecule has 0 unspecified atom stereocenters. The van der Waals surface area contributed by atoms with Crippen molar-refractivity contribution in [1.29, 1.82) is 0 Å². The summed E-state index contributed by atoms with van der Waals surface area (Å²) in [5, 5.41) is 0.552. The molecule has 2 N–H and O–H groups in total. The molecule has 0 amide bonds. The summed E-state index contributed by atoms with van der Waals surface area (Å²) in [4.78, 5) is 4.28. The molecule has 4 heteroatoms. The normalized spacial score (nSPS) is 10.9. The van der Waals surface area contributed by atoms with E-state index in [0.717, 1.165) is 11.3 Å². The Balaban J connectivity index is 2.31. The summed E-state index contributed by atoms with van der Waals surface area (Å²) in [5.74, 6) is 1.24. The second-order valence-corrected chi connectivity index (χ2v) is 4.33. The van der Waals surface area contributed by atoms with Crippen molar-refractivity contribution in [2.24, 2.45) is 5.73 Å². The van der Waals surface area contributed by atoms with Gasteiger partial charge in [0.15, 0.2) is 0 Å². The molecule has 2 aromatic rings. The van der Waals surface area contributed by atoms with Gasteiger partial charge in [-0.25, -0.2) is 4.98 Å². The van der Waals surface area contributed by atoms with E-state index in [0.29, 0.717) is 16.6 Å². The van der Waals surface area contributed by atoms with Gasteiger partial charge in [-0.15, -0.1) is 0 Å². The Labute approximate surface area is 117 Å². The highest BCUT2D eigenvalue weighted by Gasteiger charge is 2.06. The molecule has 0 saturated carbocycles. The predicted octanol–water partition coefficient (Wildman–Crippen LogP) is 4.02. The number of benzene rings is 1. The van der Waals surface area contributed by atoms with E-state index in [9.17, 15) is 0 Å². The van der Waals surface area contributed by atoms with E-state index in [1.165, 1.54) is 0 Å². The Morgan fingerprint density at radius 1 is 1.26 bits per heavy atom. The summed E-state index contributed by atoms with van der Waals surface area (Å²) in [6.45, 7) is 2.25. The first-order valence-electron chi connectivity index (χ1n) is 5.99. The van der Waals surface area contributed by atoms with Crippen molar-refractivity contribution >= 4 is 17.7 Å². The van der Waals surface area contributed by atoms with Crippen LogP contribution in [0.5, 0.6) is 11.6 Å². The van der Waals surface area contributed by atoms with Crippen LogP contribution < -0.4 is 10.5 Å². The maximum Gasteiger partial charge on any atom is 0.219 e. The van der Waals surface area contributed by atoms with Crippen molar-refractivity contribution in [2.45, 2.75) is 13.5 Å². The Morgan fingerprint density at radius 2 is 2.05 bits per heavy atom. The molecule has 0 aliphatic heterocycles. The zero-order chi connectivity index (χ0) is 13.7. The number of aromatic nitrogens is 1. The molecule has 0 aliphatic rings. The first-order valence-corrected chi connectivity index (χ1v) is 6.37. The Hall–Kier alpha value is -1.84. The summed E-state index contributed by atoms with van der Waals surface area (Å²) in [6.07, 6.45) is 3.94. The van der Waals surface area contributed by atoms with Gasteiger partial charge in [0.1, 0.15) is 5.75 Å². The molecule has 98 valence electrons. The van der Waals surface area contributed by atoms with Gasteiger partial charge in [-0.3, -0.25) is 0 Å². The van der Waals surface area contributed by atoms with Gasteiger partial charge >= 0.3 is 0 Å². The summed E-state index contributed by atoms with van der Waals surface area (Å²) in [6, 6.07) is 11.2. The van der Waals surface area contributed by atoms with Gasteiger partial charge in [-0.1, -0.05) is 42.0 Å². The predicted molar refractivity (Wildman–Crippen MR) is 78.4 cm³/mol. The van der Waals surface area contributed by atoms with Crippen LogP contribution in [0.25, 0.3) is 6.08 Å². The average molecular weight is 275 g/mol. The molecule has 1 aromatic carbocycles. The fourth-order valence-corrected chi connectivity index (χ4v) is 1.85. The first-order chi connectivity index (χ1) is 9.24. The van der Waals surface area contributed by atoms with Gasteiger partial charge in [0.25, 0.3) is 0 Å². The monoisotopic (exact) mass is 274 g/mol. The van der Waals surface area contributed by atoms with Crippen molar-refractivity contribution in [3.63, 3.8) is 0 Å². The number of hydrogen-bond donors (Lipinski definition) is 1. The third-order valence-electron chi connectivity index (χ3n) is 2.57. The van der Waals surface area contributed by atoms with E-state index < -0.39 is 0 Å². The van der Waals surface area contributed by atoms with Crippen molar-refractivity contribution in [1.82, 2.24) is 4.98 Å². The molecule has 3 nitrogen and oxygen atoms in total. The largest absolute Gasteiger partial charge is 0.438 e. The van der Waals surface area contributed by atoms with Crippen LogP contribution in [0.1, 0.15) is 18.2 Å². The fraction of sp³-hybridized carbons (Fsp3) is 0.133. The number of halogens is 1. The van der Waals surface area contributed by atoms with Gasteiger partial charge in [0.2, 0.25) is 5.88 Å². The highest BCUT2D eigenvalue weighted by atomic mass is 35.5. The smallest absolute Gasteiger partial charge is 0.219 e. The third kappa shape index (κ3) is 3.34. The molecule has 1 aromatic heterocycles.